The van der Waals surface area contributed by atoms with Crippen LogP contribution >= 0.6 is 0 Å². The third kappa shape index (κ3) is 4.45. The number of hydrogen-bond acceptors (Lipinski definition) is 5. The molecule has 5 unspecified atom stereocenters. The average Bonchev–Trinajstić information content (AvgIpc) is 3.13. The fourth-order valence-corrected chi connectivity index (χ4v) is 5.94. The highest BCUT2D eigenvalue weighted by Crippen LogP contribution is 2.42. The minimum atomic E-state index is -0.477. The summed E-state index contributed by atoms with van der Waals surface area (Å²) in [6, 6.07) is 0.483. The quantitative estimate of drug-likeness (QED) is 0.597. The largest absolute Gasteiger partial charge is 0.377 e. The fraction of sp³-hybridized carbons (Fsp3) is 0.692. The zero-order valence-corrected chi connectivity index (χ0v) is 19.3. The molecule has 1 saturated carbocycles. The molecule has 0 aromatic heterocycles. The highest BCUT2D eigenvalue weighted by atomic mass is 16.5. The smallest absolute Gasteiger partial charge is 0.171 e. The molecule has 0 spiro atoms. The van der Waals surface area contributed by atoms with E-state index >= 15 is 0 Å². The second kappa shape index (κ2) is 9.83. The Morgan fingerprint density at radius 2 is 1.84 bits per heavy atom. The lowest BCUT2D eigenvalue weighted by atomic mass is 9.72. The zero-order valence-electron chi connectivity index (χ0n) is 19.3. The highest BCUT2D eigenvalue weighted by Gasteiger charge is 2.49. The van der Waals surface area contributed by atoms with E-state index in [1.807, 2.05) is 6.92 Å². The number of carbonyl (C=O) groups excluding carboxylic acids is 2. The van der Waals surface area contributed by atoms with Crippen molar-refractivity contribution in [1.82, 2.24) is 10.6 Å². The van der Waals surface area contributed by atoms with Crippen LogP contribution in [0.2, 0.25) is 0 Å². The van der Waals surface area contributed by atoms with Gasteiger partial charge in [-0.2, -0.15) is 0 Å². The number of nitrogens with one attached hydrogen (secondary N) is 2. The van der Waals surface area contributed by atoms with E-state index in [9.17, 15) is 9.59 Å². The number of carbonyl (C=O) groups is 2. The molecule has 0 aromatic carbocycles. The van der Waals surface area contributed by atoms with Gasteiger partial charge >= 0.3 is 0 Å². The molecule has 1 heterocycles. The molecule has 1 aliphatic heterocycles. The summed E-state index contributed by atoms with van der Waals surface area (Å²) >= 11 is 0. The molecule has 0 bridgehead atoms. The molecule has 170 valence electrons. The number of ether oxygens (including phenoxy) is 1. The maximum atomic E-state index is 13.5. The predicted octanol–water partition coefficient (Wildman–Crippen LogP) is 4.20. The molecular weight excluding hydrogens is 388 g/mol. The molecule has 0 radical (unpaired) electrons. The molecule has 0 saturated heterocycles. The van der Waals surface area contributed by atoms with Gasteiger partial charge in [-0.25, -0.2) is 0 Å². The second-order valence-corrected chi connectivity index (χ2v) is 9.60. The SMILES string of the molecule is CCC1C(=O)C2=C(NC(NC3CCCCC3)C2CC2=CCC(OC)C=C2)C(CC)C1=O. The van der Waals surface area contributed by atoms with Gasteiger partial charge < -0.3 is 10.1 Å². The van der Waals surface area contributed by atoms with Gasteiger partial charge in [0, 0.05) is 30.3 Å². The van der Waals surface area contributed by atoms with Crippen molar-refractivity contribution in [2.24, 2.45) is 17.8 Å². The standard InChI is InChI=1S/C26H38N2O3/c1-4-19-23-22(25(30)20(5-2)24(19)29)21(15-16-11-13-18(31-3)14-12-16)26(28-23)27-17-9-7-6-8-10-17/h11-13,17-21,26-28H,4-10,14-15H2,1-3H3. The van der Waals surface area contributed by atoms with Crippen molar-refractivity contribution in [3.8, 4) is 0 Å². The van der Waals surface area contributed by atoms with Gasteiger partial charge in [0.25, 0.3) is 0 Å². The average molecular weight is 427 g/mol. The topological polar surface area (TPSA) is 67.4 Å². The Kier molecular flexibility index (Phi) is 7.12. The lowest BCUT2D eigenvalue weighted by Gasteiger charge is -2.31. The number of allylic oxidation sites excluding steroid dienone is 3. The monoisotopic (exact) mass is 426 g/mol. The van der Waals surface area contributed by atoms with E-state index in [0.717, 1.165) is 30.5 Å². The van der Waals surface area contributed by atoms with Gasteiger partial charge in [0.1, 0.15) is 0 Å². The van der Waals surface area contributed by atoms with Crippen LogP contribution in [0.5, 0.6) is 0 Å². The minimum Gasteiger partial charge on any atom is -0.377 e. The molecule has 5 nitrogen and oxygen atoms in total. The Labute approximate surface area is 186 Å². The van der Waals surface area contributed by atoms with Gasteiger partial charge in [-0.3, -0.25) is 14.9 Å². The Morgan fingerprint density at radius 3 is 2.45 bits per heavy atom. The van der Waals surface area contributed by atoms with Gasteiger partial charge in [-0.1, -0.05) is 56.9 Å². The lowest BCUT2D eigenvalue weighted by Crippen LogP contribution is -2.49. The highest BCUT2D eigenvalue weighted by molar-refractivity contribution is 6.15. The normalized spacial score (nSPS) is 34.0. The number of Topliss-reactive ketones (excluding diaryl/α,β-unsaturated/α-hetero) is 2. The predicted molar refractivity (Wildman–Crippen MR) is 122 cm³/mol. The van der Waals surface area contributed by atoms with Crippen molar-refractivity contribution >= 4 is 11.6 Å². The maximum Gasteiger partial charge on any atom is 0.171 e. The van der Waals surface area contributed by atoms with E-state index in [0.29, 0.717) is 12.5 Å². The molecule has 2 N–H and O–H groups in total. The number of methoxy groups -OCH3 is 1. The first-order valence-corrected chi connectivity index (χ1v) is 12.3. The van der Waals surface area contributed by atoms with Crippen LogP contribution in [0, 0.1) is 17.8 Å². The van der Waals surface area contributed by atoms with Crippen molar-refractivity contribution in [2.45, 2.75) is 89.9 Å². The summed E-state index contributed by atoms with van der Waals surface area (Å²) in [5, 5.41) is 7.51. The summed E-state index contributed by atoms with van der Waals surface area (Å²) in [5.41, 5.74) is 3.07. The van der Waals surface area contributed by atoms with E-state index < -0.39 is 5.92 Å². The molecule has 4 aliphatic rings. The maximum absolute atomic E-state index is 13.5. The van der Waals surface area contributed by atoms with E-state index in [4.69, 9.17) is 4.74 Å². The molecule has 31 heavy (non-hydrogen) atoms. The summed E-state index contributed by atoms with van der Waals surface area (Å²) in [6.45, 7) is 4.02. The first kappa shape index (κ1) is 22.5. The summed E-state index contributed by atoms with van der Waals surface area (Å²) < 4.78 is 5.45. The van der Waals surface area contributed by atoms with E-state index in [2.05, 4.69) is 35.8 Å². The molecule has 4 rings (SSSR count). The van der Waals surface area contributed by atoms with Crippen LogP contribution in [0.25, 0.3) is 0 Å². The summed E-state index contributed by atoms with van der Waals surface area (Å²) in [7, 11) is 1.74. The van der Waals surface area contributed by atoms with Crippen molar-refractivity contribution in [3.05, 3.63) is 35.1 Å². The third-order valence-corrected chi connectivity index (χ3v) is 7.72. The van der Waals surface area contributed by atoms with Crippen LogP contribution < -0.4 is 10.6 Å². The summed E-state index contributed by atoms with van der Waals surface area (Å²) in [5.74, 6) is -0.413. The van der Waals surface area contributed by atoms with Gasteiger partial charge in [-0.15, -0.1) is 0 Å². The Balaban J connectivity index is 1.63. The van der Waals surface area contributed by atoms with E-state index in [1.165, 1.54) is 37.7 Å². The zero-order chi connectivity index (χ0) is 22.0. The van der Waals surface area contributed by atoms with Gasteiger partial charge in [0.15, 0.2) is 11.6 Å². The van der Waals surface area contributed by atoms with Gasteiger partial charge in [0.05, 0.1) is 24.1 Å². The number of hydrogen-bond donors (Lipinski definition) is 2. The minimum absolute atomic E-state index is 0.0176. The molecule has 5 heteroatoms. The van der Waals surface area contributed by atoms with E-state index in [-0.39, 0.29) is 35.7 Å². The number of ketones is 2. The van der Waals surface area contributed by atoms with Crippen molar-refractivity contribution in [3.63, 3.8) is 0 Å². The Hall–Kier alpha value is -1.72. The van der Waals surface area contributed by atoms with Crippen LogP contribution in [0.15, 0.2) is 35.1 Å². The van der Waals surface area contributed by atoms with Crippen molar-refractivity contribution < 1.29 is 14.3 Å². The molecular formula is C26H38N2O3. The van der Waals surface area contributed by atoms with Crippen LogP contribution in [0.4, 0.5) is 0 Å². The summed E-state index contributed by atoms with van der Waals surface area (Å²) in [6.07, 6.45) is 15.9. The lowest BCUT2D eigenvalue weighted by molar-refractivity contribution is -0.134. The van der Waals surface area contributed by atoms with Gasteiger partial charge in [0.2, 0.25) is 0 Å². The second-order valence-electron chi connectivity index (χ2n) is 9.60. The molecule has 0 amide bonds. The molecule has 3 aliphatic carbocycles. The van der Waals surface area contributed by atoms with E-state index in [1.54, 1.807) is 7.11 Å². The fourth-order valence-electron chi connectivity index (χ4n) is 5.94. The van der Waals surface area contributed by atoms with Gasteiger partial charge in [-0.05, 0) is 38.5 Å². The molecule has 1 fully saturated rings. The third-order valence-electron chi connectivity index (χ3n) is 7.72. The molecule has 5 atom stereocenters. The van der Waals surface area contributed by atoms with Crippen LogP contribution in [0.1, 0.15) is 71.6 Å². The van der Waals surface area contributed by atoms with Crippen molar-refractivity contribution in [1.29, 1.82) is 0 Å². The Morgan fingerprint density at radius 1 is 1.10 bits per heavy atom. The van der Waals surface area contributed by atoms with Crippen LogP contribution in [-0.4, -0.2) is 37.0 Å². The van der Waals surface area contributed by atoms with Crippen LogP contribution in [-0.2, 0) is 14.3 Å². The number of rotatable bonds is 7. The van der Waals surface area contributed by atoms with Crippen LogP contribution in [0.3, 0.4) is 0 Å². The molecule has 0 aromatic rings. The Bertz CT molecular complexity index is 790. The van der Waals surface area contributed by atoms with Crippen molar-refractivity contribution in [2.75, 3.05) is 7.11 Å². The summed E-state index contributed by atoms with van der Waals surface area (Å²) in [4.78, 5) is 26.5. The first-order chi connectivity index (χ1) is 15.1. The first-order valence-electron chi connectivity index (χ1n) is 12.3.